The molecule has 0 aliphatic carbocycles. The zero-order chi connectivity index (χ0) is 8.43. The summed E-state index contributed by atoms with van der Waals surface area (Å²) < 4.78 is 5.54. The maximum absolute atomic E-state index is 8.98. The molecule has 2 unspecified atom stereocenters. The molecule has 1 heterocycles. The highest BCUT2D eigenvalue weighted by Crippen LogP contribution is 2.23. The van der Waals surface area contributed by atoms with Gasteiger partial charge in [0.05, 0.1) is 12.7 Å². The number of rotatable bonds is 1. The Hall–Kier alpha value is -0.275. The highest BCUT2D eigenvalue weighted by Gasteiger charge is 2.20. The Balaban J connectivity index is 2.77. The molecule has 11 heavy (non-hydrogen) atoms. The topological polar surface area (TPSA) is 29.5 Å². The summed E-state index contributed by atoms with van der Waals surface area (Å²) in [6, 6.07) is 0.306. The molecule has 0 amide bonds. The van der Waals surface area contributed by atoms with Gasteiger partial charge in [-0.3, -0.25) is 0 Å². The molecule has 1 aliphatic rings. The third-order valence-electron chi connectivity index (χ3n) is 2.24. The van der Waals surface area contributed by atoms with Crippen molar-refractivity contribution in [2.45, 2.75) is 32.4 Å². The summed E-state index contributed by atoms with van der Waals surface area (Å²) in [6.45, 7) is 4.20. The number of aliphatic hydroxyl groups excluding tert-OH is 1. The summed E-state index contributed by atoms with van der Waals surface area (Å²) in [5.74, 6) is 0. The molecular weight excluding hydrogens is 139 g/mol. The van der Waals surface area contributed by atoms with E-state index in [1.54, 1.807) is 0 Å². The Bertz CT molecular complexity index is 177. The van der Waals surface area contributed by atoms with Gasteiger partial charge in [0.2, 0.25) is 0 Å². The van der Waals surface area contributed by atoms with E-state index in [1.807, 2.05) is 6.92 Å². The van der Waals surface area contributed by atoms with Crippen molar-refractivity contribution in [1.29, 1.82) is 0 Å². The van der Waals surface area contributed by atoms with Gasteiger partial charge in [0.25, 0.3) is 0 Å². The Morgan fingerprint density at radius 1 is 1.73 bits per heavy atom. The smallest absolute Gasteiger partial charge is 0.139 e. The molecule has 1 N–H and O–H groups in total. The van der Waals surface area contributed by atoms with E-state index >= 15 is 0 Å². The molecule has 0 bridgehead atoms. The Morgan fingerprint density at radius 2 is 2.36 bits per heavy atom. The van der Waals surface area contributed by atoms with Crippen molar-refractivity contribution in [3.63, 3.8) is 0 Å². The SMILES string of the molecule is BC1CC(C)=C(CO)C(C)O1. The second kappa shape index (κ2) is 3.41. The quantitative estimate of drug-likeness (QED) is 0.427. The van der Waals surface area contributed by atoms with E-state index in [1.165, 1.54) is 5.57 Å². The van der Waals surface area contributed by atoms with E-state index in [0.29, 0.717) is 6.00 Å². The number of hydrogen-bond acceptors (Lipinski definition) is 2. The average Bonchev–Trinajstić information content (AvgIpc) is 1.85. The summed E-state index contributed by atoms with van der Waals surface area (Å²) in [5, 5.41) is 8.98. The lowest BCUT2D eigenvalue weighted by atomic mass is 9.87. The van der Waals surface area contributed by atoms with E-state index in [2.05, 4.69) is 14.8 Å². The monoisotopic (exact) mass is 154 g/mol. The second-order valence-corrected chi connectivity index (χ2v) is 3.26. The molecule has 0 aromatic carbocycles. The molecule has 2 atom stereocenters. The standard InChI is InChI=1S/C8H15BO2/c1-5-3-8(9)11-6(2)7(5)4-10/h6,8,10H,3-4,9H2,1-2H3. The number of ether oxygens (including phenoxy) is 1. The first-order valence-electron chi connectivity index (χ1n) is 4.10. The van der Waals surface area contributed by atoms with Crippen LogP contribution in [-0.2, 0) is 4.74 Å². The summed E-state index contributed by atoms with van der Waals surface area (Å²) >= 11 is 0. The van der Waals surface area contributed by atoms with Crippen LogP contribution in [0.3, 0.4) is 0 Å². The third-order valence-corrected chi connectivity index (χ3v) is 2.24. The molecule has 1 rings (SSSR count). The number of hydrogen-bond donors (Lipinski definition) is 1. The van der Waals surface area contributed by atoms with Crippen LogP contribution in [0.4, 0.5) is 0 Å². The minimum atomic E-state index is 0.101. The normalized spacial score (nSPS) is 32.6. The van der Waals surface area contributed by atoms with Gasteiger partial charge in [-0.25, -0.2) is 0 Å². The van der Waals surface area contributed by atoms with Gasteiger partial charge >= 0.3 is 0 Å². The predicted octanol–water partition coefficient (Wildman–Crippen LogP) is 0.0632. The molecule has 0 radical (unpaired) electrons. The van der Waals surface area contributed by atoms with Crippen LogP contribution in [-0.4, -0.2) is 31.7 Å². The lowest BCUT2D eigenvalue weighted by Crippen LogP contribution is -2.29. The van der Waals surface area contributed by atoms with Gasteiger partial charge in [0.1, 0.15) is 7.85 Å². The lowest BCUT2D eigenvalue weighted by Gasteiger charge is -2.28. The third kappa shape index (κ3) is 1.85. The van der Waals surface area contributed by atoms with Crippen LogP contribution in [0.15, 0.2) is 11.1 Å². The lowest BCUT2D eigenvalue weighted by molar-refractivity contribution is 0.0450. The van der Waals surface area contributed by atoms with Crippen molar-refractivity contribution in [3.05, 3.63) is 11.1 Å². The molecule has 0 fully saturated rings. The zero-order valence-corrected chi connectivity index (χ0v) is 7.42. The van der Waals surface area contributed by atoms with Crippen LogP contribution in [0, 0.1) is 0 Å². The predicted molar refractivity (Wildman–Crippen MR) is 47.3 cm³/mol. The Morgan fingerprint density at radius 3 is 2.82 bits per heavy atom. The summed E-state index contributed by atoms with van der Waals surface area (Å²) in [4.78, 5) is 0. The van der Waals surface area contributed by atoms with Gasteiger partial charge in [-0.2, -0.15) is 0 Å². The molecule has 0 saturated heterocycles. The summed E-state index contributed by atoms with van der Waals surface area (Å²) in [7, 11) is 2.06. The average molecular weight is 154 g/mol. The van der Waals surface area contributed by atoms with E-state index in [-0.39, 0.29) is 12.7 Å². The summed E-state index contributed by atoms with van der Waals surface area (Å²) in [5.41, 5.74) is 2.35. The van der Waals surface area contributed by atoms with Crippen LogP contribution in [0.1, 0.15) is 20.3 Å². The molecular formula is C8H15BO2. The maximum atomic E-state index is 8.98. The molecule has 0 aromatic rings. The molecule has 0 saturated carbocycles. The maximum Gasteiger partial charge on any atom is 0.139 e. The Kier molecular flexibility index (Phi) is 2.74. The first-order chi connectivity index (χ1) is 5.15. The molecule has 2 nitrogen and oxygen atoms in total. The van der Waals surface area contributed by atoms with Crippen molar-refractivity contribution in [3.8, 4) is 0 Å². The summed E-state index contributed by atoms with van der Waals surface area (Å²) in [6.07, 6.45) is 1.06. The first kappa shape index (κ1) is 8.82. The van der Waals surface area contributed by atoms with Crippen molar-refractivity contribution in [1.82, 2.24) is 0 Å². The minimum Gasteiger partial charge on any atom is -0.392 e. The fourth-order valence-electron chi connectivity index (χ4n) is 1.65. The van der Waals surface area contributed by atoms with Crippen molar-refractivity contribution in [2.75, 3.05) is 6.61 Å². The van der Waals surface area contributed by atoms with E-state index in [0.717, 1.165) is 12.0 Å². The van der Waals surface area contributed by atoms with E-state index < -0.39 is 0 Å². The highest BCUT2D eigenvalue weighted by molar-refractivity contribution is 6.11. The van der Waals surface area contributed by atoms with Crippen LogP contribution >= 0.6 is 0 Å². The van der Waals surface area contributed by atoms with Crippen LogP contribution < -0.4 is 0 Å². The van der Waals surface area contributed by atoms with E-state index in [4.69, 9.17) is 9.84 Å². The fourth-order valence-corrected chi connectivity index (χ4v) is 1.65. The van der Waals surface area contributed by atoms with Crippen molar-refractivity contribution in [2.24, 2.45) is 0 Å². The molecule has 62 valence electrons. The zero-order valence-electron chi connectivity index (χ0n) is 7.42. The first-order valence-corrected chi connectivity index (χ1v) is 4.10. The van der Waals surface area contributed by atoms with Gasteiger partial charge in [0, 0.05) is 6.00 Å². The highest BCUT2D eigenvalue weighted by atomic mass is 16.5. The number of aliphatic hydroxyl groups is 1. The fraction of sp³-hybridized carbons (Fsp3) is 0.750. The molecule has 0 aromatic heterocycles. The minimum absolute atomic E-state index is 0.101. The van der Waals surface area contributed by atoms with Crippen molar-refractivity contribution >= 4 is 7.85 Å². The molecule has 0 spiro atoms. The van der Waals surface area contributed by atoms with Crippen LogP contribution in [0.25, 0.3) is 0 Å². The van der Waals surface area contributed by atoms with Crippen molar-refractivity contribution < 1.29 is 9.84 Å². The largest absolute Gasteiger partial charge is 0.392 e. The molecule has 3 heteroatoms. The van der Waals surface area contributed by atoms with Gasteiger partial charge in [-0.05, 0) is 25.8 Å². The second-order valence-electron chi connectivity index (χ2n) is 3.26. The van der Waals surface area contributed by atoms with Gasteiger partial charge < -0.3 is 9.84 Å². The van der Waals surface area contributed by atoms with Crippen LogP contribution in [0.5, 0.6) is 0 Å². The van der Waals surface area contributed by atoms with Gasteiger partial charge in [-0.1, -0.05) is 5.57 Å². The Labute approximate surface area is 68.7 Å². The van der Waals surface area contributed by atoms with Crippen LogP contribution in [0.2, 0.25) is 0 Å². The van der Waals surface area contributed by atoms with Gasteiger partial charge in [-0.15, -0.1) is 0 Å². The molecule has 1 aliphatic heterocycles. The van der Waals surface area contributed by atoms with E-state index in [9.17, 15) is 0 Å². The van der Waals surface area contributed by atoms with Gasteiger partial charge in [0.15, 0.2) is 0 Å².